The average molecular weight is 308 g/mol. The summed E-state index contributed by atoms with van der Waals surface area (Å²) < 4.78 is 0. The van der Waals surface area contributed by atoms with Crippen molar-refractivity contribution in [2.75, 3.05) is 23.4 Å². The van der Waals surface area contributed by atoms with Crippen LogP contribution in [-0.2, 0) is 6.42 Å². The van der Waals surface area contributed by atoms with Crippen molar-refractivity contribution in [3.8, 4) is 0 Å². The van der Waals surface area contributed by atoms with E-state index in [1.165, 1.54) is 24.8 Å². The summed E-state index contributed by atoms with van der Waals surface area (Å²) in [7, 11) is 0. The lowest BCUT2D eigenvalue weighted by Gasteiger charge is -2.22. The van der Waals surface area contributed by atoms with Crippen LogP contribution in [-0.4, -0.2) is 34.1 Å². The minimum Gasteiger partial charge on any atom is -0.370 e. The van der Waals surface area contributed by atoms with E-state index in [1.807, 2.05) is 11.8 Å². The topological polar surface area (TPSA) is 49.8 Å². The fraction of sp³-hybridized carbons (Fsp3) is 0.750. The second kappa shape index (κ2) is 8.47. The number of aromatic nitrogens is 2. The molecule has 1 fully saturated rings. The van der Waals surface area contributed by atoms with Gasteiger partial charge in [-0.2, -0.15) is 11.8 Å². The van der Waals surface area contributed by atoms with E-state index in [2.05, 4.69) is 40.7 Å². The Bertz CT molecular complexity index is 438. The maximum atomic E-state index is 4.53. The van der Waals surface area contributed by atoms with Gasteiger partial charge in [-0.3, -0.25) is 0 Å². The predicted molar refractivity (Wildman–Crippen MR) is 93.4 cm³/mol. The molecule has 1 saturated carbocycles. The molecule has 118 valence electrons. The Morgan fingerprint density at radius 1 is 1.19 bits per heavy atom. The zero-order valence-electron chi connectivity index (χ0n) is 13.5. The smallest absolute Gasteiger partial charge is 0.134 e. The molecule has 1 aliphatic carbocycles. The van der Waals surface area contributed by atoms with Gasteiger partial charge in [0.15, 0.2) is 0 Å². The summed E-state index contributed by atoms with van der Waals surface area (Å²) in [6.45, 7) is 5.35. The van der Waals surface area contributed by atoms with Crippen molar-refractivity contribution in [1.82, 2.24) is 9.97 Å². The third-order valence-corrected chi connectivity index (χ3v) is 5.23. The second-order valence-corrected chi connectivity index (χ2v) is 6.76. The van der Waals surface area contributed by atoms with Crippen LogP contribution in [0.4, 0.5) is 11.6 Å². The number of anilines is 2. The van der Waals surface area contributed by atoms with Crippen LogP contribution in [0.15, 0.2) is 6.33 Å². The first kappa shape index (κ1) is 16.4. The van der Waals surface area contributed by atoms with Gasteiger partial charge in [-0.1, -0.05) is 26.7 Å². The van der Waals surface area contributed by atoms with Crippen molar-refractivity contribution >= 4 is 23.4 Å². The summed E-state index contributed by atoms with van der Waals surface area (Å²) in [5.41, 5.74) is 1.25. The third kappa shape index (κ3) is 4.25. The van der Waals surface area contributed by atoms with Gasteiger partial charge in [-0.15, -0.1) is 0 Å². The zero-order chi connectivity index (χ0) is 15.1. The minimum absolute atomic E-state index is 0.546. The molecule has 4 nitrogen and oxygen atoms in total. The number of thioether (sulfide) groups is 1. The van der Waals surface area contributed by atoms with E-state index in [1.54, 1.807) is 6.33 Å². The fourth-order valence-corrected chi connectivity index (χ4v) is 3.90. The first-order valence-electron chi connectivity index (χ1n) is 8.17. The molecule has 21 heavy (non-hydrogen) atoms. The number of hydrogen-bond donors (Lipinski definition) is 2. The zero-order valence-corrected chi connectivity index (χ0v) is 14.3. The Morgan fingerprint density at radius 3 is 2.71 bits per heavy atom. The maximum Gasteiger partial charge on any atom is 0.134 e. The van der Waals surface area contributed by atoms with Gasteiger partial charge in [0.25, 0.3) is 0 Å². The van der Waals surface area contributed by atoms with Gasteiger partial charge in [-0.25, -0.2) is 9.97 Å². The van der Waals surface area contributed by atoms with E-state index < -0.39 is 0 Å². The van der Waals surface area contributed by atoms with Gasteiger partial charge >= 0.3 is 0 Å². The van der Waals surface area contributed by atoms with Gasteiger partial charge in [-0.05, 0) is 31.9 Å². The summed E-state index contributed by atoms with van der Waals surface area (Å²) in [4.78, 5) is 8.97. The monoisotopic (exact) mass is 308 g/mol. The standard InChI is InChI=1S/C16H28N4S/c1-4-7-12-15(17-10-5-2)18-11-19-16(12)20-13-8-6-9-14(13)21-3/h11,13-14H,4-10H2,1-3H3,(H2,17,18,19,20). The van der Waals surface area contributed by atoms with Crippen molar-refractivity contribution in [2.24, 2.45) is 0 Å². The van der Waals surface area contributed by atoms with Crippen LogP contribution in [0.3, 0.4) is 0 Å². The molecule has 2 rings (SSSR count). The summed E-state index contributed by atoms with van der Waals surface area (Å²) >= 11 is 1.98. The van der Waals surface area contributed by atoms with Crippen LogP contribution >= 0.6 is 11.8 Å². The molecule has 0 spiro atoms. The highest BCUT2D eigenvalue weighted by molar-refractivity contribution is 7.99. The number of nitrogens with zero attached hydrogens (tertiary/aromatic N) is 2. The Hall–Kier alpha value is -0.970. The Balaban J connectivity index is 2.16. The molecular weight excluding hydrogens is 280 g/mol. The molecule has 1 aliphatic rings. The van der Waals surface area contributed by atoms with Gasteiger partial charge in [0.05, 0.1) is 0 Å². The molecule has 1 heterocycles. The van der Waals surface area contributed by atoms with Gasteiger partial charge in [0.2, 0.25) is 0 Å². The van der Waals surface area contributed by atoms with Crippen LogP contribution in [0.2, 0.25) is 0 Å². The molecule has 0 aromatic carbocycles. The van der Waals surface area contributed by atoms with Crippen LogP contribution in [0, 0.1) is 0 Å². The van der Waals surface area contributed by atoms with E-state index in [0.29, 0.717) is 11.3 Å². The third-order valence-electron chi connectivity index (χ3n) is 4.07. The average Bonchev–Trinajstić information content (AvgIpc) is 2.95. The quantitative estimate of drug-likeness (QED) is 0.761. The lowest BCUT2D eigenvalue weighted by atomic mass is 10.1. The molecular formula is C16H28N4S. The lowest BCUT2D eigenvalue weighted by molar-refractivity contribution is 0.756. The van der Waals surface area contributed by atoms with Crippen LogP contribution in [0.1, 0.15) is 51.5 Å². The molecule has 1 aromatic rings. The largest absolute Gasteiger partial charge is 0.370 e. The number of nitrogens with one attached hydrogen (secondary N) is 2. The molecule has 2 unspecified atom stereocenters. The van der Waals surface area contributed by atoms with Crippen molar-refractivity contribution in [1.29, 1.82) is 0 Å². The molecule has 1 aromatic heterocycles. The summed E-state index contributed by atoms with van der Waals surface area (Å²) in [5.74, 6) is 2.05. The van der Waals surface area contributed by atoms with E-state index in [-0.39, 0.29) is 0 Å². The molecule has 2 atom stereocenters. The van der Waals surface area contributed by atoms with Gasteiger partial charge in [0, 0.05) is 23.4 Å². The maximum absolute atomic E-state index is 4.53. The summed E-state index contributed by atoms with van der Waals surface area (Å²) in [6.07, 6.45) is 11.0. The molecule has 0 aliphatic heterocycles. The van der Waals surface area contributed by atoms with Crippen LogP contribution in [0.5, 0.6) is 0 Å². The van der Waals surface area contributed by atoms with Crippen molar-refractivity contribution < 1.29 is 0 Å². The molecule has 0 amide bonds. The van der Waals surface area contributed by atoms with Gasteiger partial charge in [0.1, 0.15) is 18.0 Å². The molecule has 2 N–H and O–H groups in total. The molecule has 0 radical (unpaired) electrons. The van der Waals surface area contributed by atoms with Crippen LogP contribution in [0.25, 0.3) is 0 Å². The highest BCUT2D eigenvalue weighted by Crippen LogP contribution is 2.32. The van der Waals surface area contributed by atoms with Crippen molar-refractivity contribution in [3.05, 3.63) is 11.9 Å². The highest BCUT2D eigenvalue weighted by Gasteiger charge is 2.27. The fourth-order valence-electron chi connectivity index (χ4n) is 2.97. The second-order valence-electron chi connectivity index (χ2n) is 5.68. The normalized spacial score (nSPS) is 21.5. The Morgan fingerprint density at radius 2 is 2.00 bits per heavy atom. The van der Waals surface area contributed by atoms with Gasteiger partial charge < -0.3 is 10.6 Å². The van der Waals surface area contributed by atoms with Crippen LogP contribution < -0.4 is 10.6 Å². The predicted octanol–water partition coefficient (Wildman–Crippen LogP) is 3.95. The highest BCUT2D eigenvalue weighted by atomic mass is 32.2. The summed E-state index contributed by atoms with van der Waals surface area (Å²) in [6, 6.07) is 0.546. The van der Waals surface area contributed by atoms with E-state index >= 15 is 0 Å². The van der Waals surface area contributed by atoms with Crippen molar-refractivity contribution in [3.63, 3.8) is 0 Å². The first-order valence-corrected chi connectivity index (χ1v) is 9.46. The Kier molecular flexibility index (Phi) is 6.61. The first-order chi connectivity index (χ1) is 10.3. The number of hydrogen-bond acceptors (Lipinski definition) is 5. The summed E-state index contributed by atoms with van der Waals surface area (Å²) in [5, 5.41) is 7.85. The minimum atomic E-state index is 0.546. The molecule has 0 bridgehead atoms. The molecule has 0 saturated heterocycles. The molecule has 5 heteroatoms. The van der Waals surface area contributed by atoms with E-state index in [0.717, 1.165) is 37.4 Å². The Labute approximate surface area is 132 Å². The lowest BCUT2D eigenvalue weighted by Crippen LogP contribution is -2.27. The van der Waals surface area contributed by atoms with E-state index in [9.17, 15) is 0 Å². The number of rotatable bonds is 8. The SMILES string of the molecule is CCCNc1ncnc(NC2CCCC2SC)c1CCC. The van der Waals surface area contributed by atoms with Crippen molar-refractivity contribution in [2.45, 2.75) is 63.7 Å². The van der Waals surface area contributed by atoms with E-state index in [4.69, 9.17) is 0 Å².